The van der Waals surface area contributed by atoms with E-state index in [1.807, 2.05) is 0 Å². The van der Waals surface area contributed by atoms with E-state index in [4.69, 9.17) is 0 Å². The van der Waals surface area contributed by atoms with Crippen molar-refractivity contribution in [2.75, 3.05) is 7.11 Å². The highest BCUT2D eigenvalue weighted by Gasteiger charge is 2.13. The number of carbonyl (C=O) groups excluding carboxylic acids is 2. The second kappa shape index (κ2) is 6.54. The molecule has 0 aliphatic rings. The molecule has 0 heterocycles. The molecule has 0 bridgehead atoms. The molecule has 1 aromatic rings. The van der Waals surface area contributed by atoms with E-state index in [1.54, 1.807) is 18.2 Å². The molecule has 1 aromatic carbocycles. The minimum absolute atomic E-state index is 0.129. The zero-order valence-corrected chi connectivity index (χ0v) is 10.1. The molecule has 0 aromatic heterocycles. The maximum atomic E-state index is 13.3. The van der Waals surface area contributed by atoms with Gasteiger partial charge in [-0.15, -0.1) is 0 Å². The molecule has 4 nitrogen and oxygen atoms in total. The third-order valence-corrected chi connectivity index (χ3v) is 2.11. The highest BCUT2D eigenvalue weighted by atomic mass is 19.1. The third kappa shape index (κ3) is 4.01. The topological polar surface area (TPSA) is 52.6 Å². The molecule has 18 heavy (non-hydrogen) atoms. The number of halogens is 1. The van der Waals surface area contributed by atoms with Crippen LogP contribution in [0.4, 0.5) is 4.39 Å². The zero-order valence-electron chi connectivity index (χ0n) is 10.1. The van der Waals surface area contributed by atoms with Crippen LogP contribution in [0.3, 0.4) is 0 Å². The van der Waals surface area contributed by atoms with Crippen molar-refractivity contribution in [1.82, 2.24) is 0 Å². The Morgan fingerprint density at radius 1 is 1.33 bits per heavy atom. The Balaban J connectivity index is 2.86. The Morgan fingerprint density at radius 3 is 2.56 bits per heavy atom. The average Bonchev–Trinajstić information content (AvgIpc) is 2.34. The number of rotatable bonds is 4. The Labute approximate surface area is 104 Å². The lowest BCUT2D eigenvalue weighted by molar-refractivity contribution is -0.148. The summed E-state index contributed by atoms with van der Waals surface area (Å²) in [6.45, 7) is 1.17. The van der Waals surface area contributed by atoms with Gasteiger partial charge in [0.25, 0.3) is 0 Å². The van der Waals surface area contributed by atoms with Crippen LogP contribution in [-0.2, 0) is 25.5 Å². The SMILES string of the molecule is COC(=O)C(=CCc1ccccc1F)OC(C)=O. The predicted molar refractivity (Wildman–Crippen MR) is 62.0 cm³/mol. The highest BCUT2D eigenvalue weighted by Crippen LogP contribution is 2.10. The Morgan fingerprint density at radius 2 is 2.00 bits per heavy atom. The summed E-state index contributed by atoms with van der Waals surface area (Å²) in [7, 11) is 1.17. The van der Waals surface area contributed by atoms with Crippen molar-refractivity contribution in [3.05, 3.63) is 47.5 Å². The Bertz CT molecular complexity index is 480. The summed E-state index contributed by atoms with van der Waals surface area (Å²) in [4.78, 5) is 22.1. The minimum atomic E-state index is -0.776. The van der Waals surface area contributed by atoms with E-state index in [-0.39, 0.29) is 18.0 Å². The van der Waals surface area contributed by atoms with E-state index in [0.717, 1.165) is 0 Å². The van der Waals surface area contributed by atoms with Crippen molar-refractivity contribution in [2.24, 2.45) is 0 Å². The van der Waals surface area contributed by atoms with Crippen LogP contribution in [0.1, 0.15) is 12.5 Å². The smallest absolute Gasteiger partial charge is 0.373 e. The number of ether oxygens (including phenoxy) is 2. The van der Waals surface area contributed by atoms with Gasteiger partial charge in [0.05, 0.1) is 7.11 Å². The van der Waals surface area contributed by atoms with Crippen LogP contribution in [0.2, 0.25) is 0 Å². The number of methoxy groups -OCH3 is 1. The van der Waals surface area contributed by atoms with Gasteiger partial charge in [0, 0.05) is 6.92 Å². The molecule has 5 heteroatoms. The van der Waals surface area contributed by atoms with Crippen molar-refractivity contribution in [3.63, 3.8) is 0 Å². The molecule has 0 aliphatic heterocycles. The van der Waals surface area contributed by atoms with Gasteiger partial charge in [0.2, 0.25) is 5.76 Å². The lowest BCUT2D eigenvalue weighted by Crippen LogP contribution is -2.11. The maximum Gasteiger partial charge on any atom is 0.373 e. The van der Waals surface area contributed by atoms with Crippen LogP contribution in [-0.4, -0.2) is 19.0 Å². The van der Waals surface area contributed by atoms with E-state index in [0.29, 0.717) is 5.56 Å². The lowest BCUT2D eigenvalue weighted by atomic mass is 10.1. The fourth-order valence-corrected chi connectivity index (χ4v) is 1.29. The van der Waals surface area contributed by atoms with E-state index < -0.39 is 11.9 Å². The van der Waals surface area contributed by atoms with E-state index >= 15 is 0 Å². The van der Waals surface area contributed by atoms with Gasteiger partial charge in [-0.3, -0.25) is 4.79 Å². The van der Waals surface area contributed by atoms with Crippen molar-refractivity contribution >= 4 is 11.9 Å². The van der Waals surface area contributed by atoms with Gasteiger partial charge >= 0.3 is 11.9 Å². The molecule has 0 amide bonds. The summed E-state index contributed by atoms with van der Waals surface area (Å²) < 4.78 is 22.5. The number of allylic oxidation sites excluding steroid dienone is 1. The monoisotopic (exact) mass is 252 g/mol. The summed E-state index contributed by atoms with van der Waals surface area (Å²) in [6.07, 6.45) is 1.44. The molecule has 0 saturated carbocycles. The summed E-state index contributed by atoms with van der Waals surface area (Å²) in [5.41, 5.74) is 0.394. The van der Waals surface area contributed by atoms with E-state index in [1.165, 1.54) is 26.2 Å². The number of benzene rings is 1. The largest absolute Gasteiger partial charge is 0.463 e. The van der Waals surface area contributed by atoms with Crippen LogP contribution in [0, 0.1) is 5.82 Å². The average molecular weight is 252 g/mol. The Kier molecular flexibility index (Phi) is 5.05. The summed E-state index contributed by atoms with van der Waals surface area (Å²) in [5, 5.41) is 0. The van der Waals surface area contributed by atoms with Crippen molar-refractivity contribution < 1.29 is 23.5 Å². The number of carbonyl (C=O) groups is 2. The second-order valence-corrected chi connectivity index (χ2v) is 3.45. The molecule has 0 radical (unpaired) electrons. The summed E-state index contributed by atoms with van der Waals surface area (Å²) in [6, 6.07) is 6.13. The first-order valence-corrected chi connectivity index (χ1v) is 5.25. The summed E-state index contributed by atoms with van der Waals surface area (Å²) >= 11 is 0. The van der Waals surface area contributed by atoms with Gasteiger partial charge in [-0.05, 0) is 24.1 Å². The van der Waals surface area contributed by atoms with E-state index in [2.05, 4.69) is 9.47 Å². The number of hydrogen-bond donors (Lipinski definition) is 0. The fraction of sp³-hybridized carbons (Fsp3) is 0.231. The molecule has 0 fully saturated rings. The van der Waals surface area contributed by atoms with Gasteiger partial charge in [-0.1, -0.05) is 18.2 Å². The molecule has 0 unspecified atom stereocenters. The quantitative estimate of drug-likeness (QED) is 0.467. The molecule has 0 saturated heterocycles. The molecular weight excluding hydrogens is 239 g/mol. The molecule has 1 rings (SSSR count). The van der Waals surface area contributed by atoms with E-state index in [9.17, 15) is 14.0 Å². The minimum Gasteiger partial charge on any atom is -0.463 e. The molecule has 96 valence electrons. The van der Waals surface area contributed by atoms with Gasteiger partial charge in [0.1, 0.15) is 5.82 Å². The standard InChI is InChI=1S/C13H13FO4/c1-9(15)18-12(13(16)17-2)8-7-10-5-3-4-6-11(10)14/h3-6,8H,7H2,1-2H3. The first-order valence-electron chi connectivity index (χ1n) is 5.25. The third-order valence-electron chi connectivity index (χ3n) is 2.11. The van der Waals surface area contributed by atoms with Crippen LogP contribution in [0.25, 0.3) is 0 Å². The Hall–Kier alpha value is -2.17. The zero-order chi connectivity index (χ0) is 13.5. The van der Waals surface area contributed by atoms with Crippen LogP contribution in [0.5, 0.6) is 0 Å². The molecular formula is C13H13FO4. The van der Waals surface area contributed by atoms with Crippen LogP contribution >= 0.6 is 0 Å². The highest BCUT2D eigenvalue weighted by molar-refractivity contribution is 5.89. The van der Waals surface area contributed by atoms with Crippen LogP contribution in [0.15, 0.2) is 36.1 Å². The predicted octanol–water partition coefficient (Wildman–Crippen LogP) is 1.99. The normalized spacial score (nSPS) is 10.9. The number of esters is 2. The van der Waals surface area contributed by atoms with Crippen molar-refractivity contribution in [1.29, 1.82) is 0 Å². The first kappa shape index (κ1) is 13.9. The van der Waals surface area contributed by atoms with Crippen molar-refractivity contribution in [2.45, 2.75) is 13.3 Å². The fourth-order valence-electron chi connectivity index (χ4n) is 1.29. The molecule has 0 aliphatic carbocycles. The lowest BCUT2D eigenvalue weighted by Gasteiger charge is -2.05. The maximum absolute atomic E-state index is 13.3. The molecule has 0 N–H and O–H groups in total. The van der Waals surface area contributed by atoms with Gasteiger partial charge < -0.3 is 9.47 Å². The van der Waals surface area contributed by atoms with Gasteiger partial charge in [0.15, 0.2) is 0 Å². The van der Waals surface area contributed by atoms with Crippen LogP contribution < -0.4 is 0 Å². The van der Waals surface area contributed by atoms with Gasteiger partial charge in [-0.25, -0.2) is 9.18 Å². The molecule has 0 atom stereocenters. The number of hydrogen-bond acceptors (Lipinski definition) is 4. The first-order chi connectivity index (χ1) is 8.54. The molecule has 0 spiro atoms. The second-order valence-electron chi connectivity index (χ2n) is 3.45. The van der Waals surface area contributed by atoms with Gasteiger partial charge in [-0.2, -0.15) is 0 Å². The van der Waals surface area contributed by atoms with Crippen molar-refractivity contribution in [3.8, 4) is 0 Å². The summed E-state index contributed by atoms with van der Waals surface area (Å²) in [5.74, 6) is -2.05.